The van der Waals surface area contributed by atoms with E-state index in [2.05, 4.69) is 38.3 Å². The monoisotopic (exact) mass is 243 g/mol. The number of hydrogen-bond acceptors (Lipinski definition) is 3. The highest BCUT2D eigenvalue weighted by Crippen LogP contribution is 2.19. The second-order valence-electron chi connectivity index (χ2n) is 5.14. The molecule has 0 aliphatic heterocycles. The molecule has 100 valence electrons. The fourth-order valence-corrected chi connectivity index (χ4v) is 1.88. The summed E-state index contributed by atoms with van der Waals surface area (Å²) >= 11 is 0. The molecule has 0 saturated heterocycles. The molecule has 0 fully saturated rings. The number of nitrogens with one attached hydrogen (secondary N) is 2. The number of rotatable bonds is 6. The average Bonchev–Trinajstić information content (AvgIpc) is 2.15. The fourth-order valence-electron chi connectivity index (χ4n) is 1.88. The van der Waals surface area contributed by atoms with Crippen LogP contribution in [-0.2, 0) is 4.79 Å². The molecule has 1 unspecified atom stereocenters. The summed E-state index contributed by atoms with van der Waals surface area (Å²) in [5, 5.41) is 5.19. The van der Waals surface area contributed by atoms with Crippen LogP contribution in [0.2, 0.25) is 0 Å². The van der Waals surface area contributed by atoms with E-state index in [-0.39, 0.29) is 5.91 Å². The first-order valence-corrected chi connectivity index (χ1v) is 6.09. The van der Waals surface area contributed by atoms with Crippen molar-refractivity contribution in [3.63, 3.8) is 0 Å². The summed E-state index contributed by atoms with van der Waals surface area (Å²) in [6, 6.07) is -1.23. The van der Waals surface area contributed by atoms with Crippen molar-refractivity contribution in [3.05, 3.63) is 0 Å². The summed E-state index contributed by atoms with van der Waals surface area (Å²) < 4.78 is 0. The molecule has 0 spiro atoms. The highest BCUT2D eigenvalue weighted by molar-refractivity contribution is 5.96. The summed E-state index contributed by atoms with van der Waals surface area (Å²) in [6.45, 7) is 11.1. The quantitative estimate of drug-likeness (QED) is 0.653. The number of imide groups is 1. The van der Waals surface area contributed by atoms with Gasteiger partial charge in [0.15, 0.2) is 0 Å². The third-order valence-electron chi connectivity index (χ3n) is 3.01. The highest BCUT2D eigenvalue weighted by atomic mass is 16.2. The molecule has 5 nitrogen and oxygen atoms in total. The topological polar surface area (TPSA) is 84.2 Å². The summed E-state index contributed by atoms with van der Waals surface area (Å²) in [5.41, 5.74) is 4.88. The number of amides is 3. The van der Waals surface area contributed by atoms with Crippen LogP contribution in [0.15, 0.2) is 0 Å². The van der Waals surface area contributed by atoms with Gasteiger partial charge in [-0.05, 0) is 31.2 Å². The van der Waals surface area contributed by atoms with Crippen molar-refractivity contribution in [2.24, 2.45) is 23.5 Å². The van der Waals surface area contributed by atoms with Crippen molar-refractivity contribution >= 4 is 11.9 Å². The summed E-state index contributed by atoms with van der Waals surface area (Å²) in [4.78, 5) is 22.0. The smallest absolute Gasteiger partial charge is 0.318 e. The van der Waals surface area contributed by atoms with Gasteiger partial charge >= 0.3 is 6.03 Å². The number of urea groups is 1. The number of carbonyl (C=O) groups excluding carboxylic acids is 2. The van der Waals surface area contributed by atoms with Gasteiger partial charge in [0.1, 0.15) is 0 Å². The maximum absolute atomic E-state index is 11.4. The molecular formula is C12H25N3O2. The van der Waals surface area contributed by atoms with E-state index in [0.29, 0.717) is 17.8 Å². The normalized spacial score (nSPS) is 13.2. The zero-order valence-electron chi connectivity index (χ0n) is 11.4. The van der Waals surface area contributed by atoms with Gasteiger partial charge in [-0.2, -0.15) is 0 Å². The van der Waals surface area contributed by atoms with Crippen molar-refractivity contribution in [2.45, 2.75) is 40.7 Å². The lowest BCUT2D eigenvalue weighted by molar-refractivity contribution is -0.121. The second-order valence-corrected chi connectivity index (χ2v) is 5.14. The van der Waals surface area contributed by atoms with E-state index in [4.69, 9.17) is 5.73 Å². The Balaban J connectivity index is 4.16. The van der Waals surface area contributed by atoms with Crippen LogP contribution in [0.3, 0.4) is 0 Å². The van der Waals surface area contributed by atoms with Crippen molar-refractivity contribution in [2.75, 3.05) is 6.54 Å². The minimum Gasteiger partial charge on any atom is -0.351 e. The Labute approximate surface area is 104 Å². The lowest BCUT2D eigenvalue weighted by Crippen LogP contribution is -2.48. The molecule has 1 atom stereocenters. The van der Waals surface area contributed by atoms with Crippen molar-refractivity contribution in [3.8, 4) is 0 Å². The van der Waals surface area contributed by atoms with Gasteiger partial charge in [-0.15, -0.1) is 0 Å². The Hall–Kier alpha value is -1.10. The zero-order valence-corrected chi connectivity index (χ0v) is 11.4. The molecule has 0 aliphatic rings. The molecule has 0 heterocycles. The SMILES string of the molecule is CC(NCC(C(C)C)C(C)C)C(=O)NC(N)=O. The van der Waals surface area contributed by atoms with E-state index < -0.39 is 12.1 Å². The van der Waals surface area contributed by atoms with Gasteiger partial charge in [-0.3, -0.25) is 10.1 Å². The fraction of sp³-hybridized carbons (Fsp3) is 0.833. The predicted molar refractivity (Wildman–Crippen MR) is 68.4 cm³/mol. The average molecular weight is 243 g/mol. The number of carbonyl (C=O) groups is 2. The van der Waals surface area contributed by atoms with Gasteiger partial charge in [0, 0.05) is 0 Å². The van der Waals surface area contributed by atoms with E-state index in [1.807, 2.05) is 0 Å². The Bertz CT molecular complexity index is 256. The number of hydrogen-bond donors (Lipinski definition) is 3. The first kappa shape index (κ1) is 15.9. The Morgan fingerprint density at radius 3 is 1.88 bits per heavy atom. The van der Waals surface area contributed by atoms with Crippen LogP contribution in [0.1, 0.15) is 34.6 Å². The minimum atomic E-state index is -0.812. The molecule has 0 radical (unpaired) electrons. The largest absolute Gasteiger partial charge is 0.351 e. The molecule has 0 aromatic carbocycles. The van der Waals surface area contributed by atoms with Gasteiger partial charge in [-0.25, -0.2) is 4.79 Å². The first-order valence-electron chi connectivity index (χ1n) is 6.09. The molecule has 4 N–H and O–H groups in total. The molecule has 0 rings (SSSR count). The maximum atomic E-state index is 11.4. The zero-order chi connectivity index (χ0) is 13.6. The van der Waals surface area contributed by atoms with E-state index in [9.17, 15) is 9.59 Å². The Morgan fingerprint density at radius 2 is 1.53 bits per heavy atom. The van der Waals surface area contributed by atoms with Crippen molar-refractivity contribution < 1.29 is 9.59 Å². The number of nitrogens with two attached hydrogens (primary N) is 1. The first-order chi connectivity index (χ1) is 7.75. The Kier molecular flexibility index (Phi) is 6.80. The van der Waals surface area contributed by atoms with Gasteiger partial charge in [-0.1, -0.05) is 27.7 Å². The van der Waals surface area contributed by atoms with Crippen LogP contribution in [0, 0.1) is 17.8 Å². The van der Waals surface area contributed by atoms with Gasteiger partial charge in [0.25, 0.3) is 0 Å². The van der Waals surface area contributed by atoms with Crippen LogP contribution in [-0.4, -0.2) is 24.5 Å². The van der Waals surface area contributed by atoms with E-state index in [1.54, 1.807) is 6.92 Å². The summed E-state index contributed by atoms with van der Waals surface area (Å²) in [5.74, 6) is 1.21. The van der Waals surface area contributed by atoms with Crippen LogP contribution in [0.4, 0.5) is 4.79 Å². The summed E-state index contributed by atoms with van der Waals surface area (Å²) in [6.07, 6.45) is 0. The van der Waals surface area contributed by atoms with Crippen LogP contribution in [0.5, 0.6) is 0 Å². The van der Waals surface area contributed by atoms with Crippen molar-refractivity contribution in [1.82, 2.24) is 10.6 Å². The minimum absolute atomic E-state index is 0.385. The van der Waals surface area contributed by atoms with Crippen LogP contribution < -0.4 is 16.4 Å². The molecule has 3 amide bonds. The molecule has 0 saturated carbocycles. The molecule has 0 aromatic heterocycles. The molecule has 17 heavy (non-hydrogen) atoms. The van der Waals surface area contributed by atoms with Gasteiger partial charge < -0.3 is 11.1 Å². The van der Waals surface area contributed by atoms with Crippen molar-refractivity contribution in [1.29, 1.82) is 0 Å². The number of primary amides is 1. The third-order valence-corrected chi connectivity index (χ3v) is 3.01. The van der Waals surface area contributed by atoms with Gasteiger partial charge in [0.2, 0.25) is 5.91 Å². The molecule has 5 heteroatoms. The maximum Gasteiger partial charge on any atom is 0.318 e. The summed E-state index contributed by atoms with van der Waals surface area (Å²) in [7, 11) is 0. The lowest BCUT2D eigenvalue weighted by Gasteiger charge is -2.26. The van der Waals surface area contributed by atoms with Crippen LogP contribution in [0.25, 0.3) is 0 Å². The lowest BCUT2D eigenvalue weighted by atomic mass is 9.85. The Morgan fingerprint density at radius 1 is 1.06 bits per heavy atom. The van der Waals surface area contributed by atoms with E-state index >= 15 is 0 Å². The molecular weight excluding hydrogens is 218 g/mol. The second kappa shape index (κ2) is 7.27. The molecule has 0 aliphatic carbocycles. The molecule has 0 bridgehead atoms. The third kappa shape index (κ3) is 6.26. The standard InChI is InChI=1S/C12H25N3O2/c1-7(2)10(8(3)4)6-14-9(5)11(16)15-12(13)17/h7-10,14H,6H2,1-5H3,(H3,13,15,16,17). The van der Waals surface area contributed by atoms with E-state index in [0.717, 1.165) is 6.54 Å². The van der Waals surface area contributed by atoms with Crippen LogP contribution >= 0.6 is 0 Å². The molecule has 0 aromatic rings. The predicted octanol–water partition coefficient (Wildman–Crippen LogP) is 1.09. The van der Waals surface area contributed by atoms with E-state index in [1.165, 1.54) is 0 Å². The van der Waals surface area contributed by atoms with Gasteiger partial charge in [0.05, 0.1) is 6.04 Å². The highest BCUT2D eigenvalue weighted by Gasteiger charge is 2.20.